The highest BCUT2D eigenvalue weighted by atomic mass is 35.5. The maximum absolute atomic E-state index is 12.1. The van der Waals surface area contributed by atoms with Crippen molar-refractivity contribution in [3.05, 3.63) is 63.4 Å². The minimum absolute atomic E-state index is 0.0419. The van der Waals surface area contributed by atoms with Gasteiger partial charge in [0.05, 0.1) is 21.5 Å². The summed E-state index contributed by atoms with van der Waals surface area (Å²) in [7, 11) is 0. The van der Waals surface area contributed by atoms with Crippen molar-refractivity contribution in [1.82, 2.24) is 9.97 Å². The number of carbonyl (C=O) groups is 1. The Hall–Kier alpha value is -2.66. The van der Waals surface area contributed by atoms with Crippen LogP contribution in [0.1, 0.15) is 10.4 Å². The second kappa shape index (κ2) is 5.03. The molecule has 0 aliphatic rings. The number of hydrogen-bond donors (Lipinski definition) is 2. The zero-order chi connectivity index (χ0) is 15.0. The van der Waals surface area contributed by atoms with E-state index in [1.165, 1.54) is 18.2 Å². The van der Waals surface area contributed by atoms with Gasteiger partial charge in [-0.05, 0) is 30.3 Å². The molecule has 3 rings (SSSR count). The number of nitrogens with one attached hydrogen (secondary N) is 1. The zero-order valence-corrected chi connectivity index (χ0v) is 11.4. The second-order valence-electron chi connectivity index (χ2n) is 4.43. The molecule has 0 saturated carbocycles. The molecule has 0 spiro atoms. The van der Waals surface area contributed by atoms with E-state index in [-0.39, 0.29) is 10.9 Å². The van der Waals surface area contributed by atoms with E-state index in [9.17, 15) is 9.59 Å². The summed E-state index contributed by atoms with van der Waals surface area (Å²) in [5.74, 6) is -0.743. The van der Waals surface area contributed by atoms with Crippen molar-refractivity contribution in [2.75, 3.05) is 0 Å². The predicted molar refractivity (Wildman–Crippen MR) is 79.8 cm³/mol. The molecule has 2 aromatic carbocycles. The summed E-state index contributed by atoms with van der Waals surface area (Å²) < 4.78 is 0. The van der Waals surface area contributed by atoms with Gasteiger partial charge < -0.3 is 10.1 Å². The highest BCUT2D eigenvalue weighted by Gasteiger charge is 2.11. The highest BCUT2D eigenvalue weighted by Crippen LogP contribution is 2.24. The number of H-pyrrole nitrogens is 1. The van der Waals surface area contributed by atoms with Gasteiger partial charge in [0.25, 0.3) is 5.56 Å². The van der Waals surface area contributed by atoms with Crippen molar-refractivity contribution in [2.24, 2.45) is 0 Å². The third-order valence-electron chi connectivity index (χ3n) is 3.08. The number of rotatable bonds is 2. The maximum Gasteiger partial charge on any atom is 0.335 e. The number of aromatic amines is 1. The summed E-state index contributed by atoms with van der Waals surface area (Å²) >= 11 is 6.09. The number of carboxylic acids is 1. The highest BCUT2D eigenvalue weighted by molar-refractivity contribution is 6.33. The average Bonchev–Trinajstić information content (AvgIpc) is 2.47. The lowest BCUT2D eigenvalue weighted by Gasteiger charge is -2.05. The number of halogens is 1. The predicted octanol–water partition coefficient (Wildman–Crippen LogP) is 2.94. The summed E-state index contributed by atoms with van der Waals surface area (Å²) in [5, 5.41) is 9.66. The lowest BCUT2D eigenvalue weighted by molar-refractivity contribution is 0.0697. The van der Waals surface area contributed by atoms with Gasteiger partial charge in [-0.25, -0.2) is 9.78 Å². The first-order valence-electron chi connectivity index (χ1n) is 6.08. The summed E-state index contributed by atoms with van der Waals surface area (Å²) in [6.07, 6.45) is 0. The fourth-order valence-corrected chi connectivity index (χ4v) is 2.28. The molecule has 3 aromatic rings. The normalized spacial score (nSPS) is 10.7. The van der Waals surface area contributed by atoms with Gasteiger partial charge >= 0.3 is 5.97 Å². The van der Waals surface area contributed by atoms with E-state index >= 15 is 0 Å². The standard InChI is InChI=1S/C15H9ClN2O3/c16-11-4-2-1-3-9(11)13-17-12-6-5-8(15(20)21)7-10(12)14(19)18-13/h1-7H,(H,20,21)(H,17,18,19). The summed E-state index contributed by atoms with van der Waals surface area (Å²) in [4.78, 5) is 30.0. The van der Waals surface area contributed by atoms with E-state index in [2.05, 4.69) is 9.97 Å². The van der Waals surface area contributed by atoms with Crippen LogP contribution in [0, 0.1) is 0 Å². The molecule has 0 radical (unpaired) electrons. The van der Waals surface area contributed by atoms with Crippen LogP contribution >= 0.6 is 11.6 Å². The number of nitrogens with zero attached hydrogens (tertiary/aromatic N) is 1. The number of carboxylic acid groups (broad SMARTS) is 1. The van der Waals surface area contributed by atoms with E-state index in [0.29, 0.717) is 21.9 Å². The number of fused-ring (bicyclic) bond motifs is 1. The fraction of sp³-hybridized carbons (Fsp3) is 0. The van der Waals surface area contributed by atoms with E-state index in [1.807, 2.05) is 0 Å². The Morgan fingerprint density at radius 1 is 1.19 bits per heavy atom. The zero-order valence-electron chi connectivity index (χ0n) is 10.6. The maximum atomic E-state index is 12.1. The molecular weight excluding hydrogens is 292 g/mol. The van der Waals surface area contributed by atoms with Gasteiger partial charge in [-0.2, -0.15) is 0 Å². The van der Waals surface area contributed by atoms with Gasteiger partial charge in [-0.1, -0.05) is 23.7 Å². The fourth-order valence-electron chi connectivity index (χ4n) is 2.05. The monoisotopic (exact) mass is 300 g/mol. The Balaban J connectivity index is 2.26. The average molecular weight is 301 g/mol. The molecule has 2 N–H and O–H groups in total. The third-order valence-corrected chi connectivity index (χ3v) is 3.41. The minimum atomic E-state index is -1.09. The largest absolute Gasteiger partial charge is 0.478 e. The van der Waals surface area contributed by atoms with Crippen molar-refractivity contribution in [1.29, 1.82) is 0 Å². The summed E-state index contributed by atoms with van der Waals surface area (Å²) in [6.45, 7) is 0. The van der Waals surface area contributed by atoms with Crippen molar-refractivity contribution in [3.63, 3.8) is 0 Å². The van der Waals surface area contributed by atoms with Gasteiger partial charge in [0.15, 0.2) is 0 Å². The van der Waals surface area contributed by atoms with Gasteiger partial charge in [-0.3, -0.25) is 4.79 Å². The van der Waals surface area contributed by atoms with Crippen LogP contribution in [0.15, 0.2) is 47.3 Å². The smallest absolute Gasteiger partial charge is 0.335 e. The van der Waals surface area contributed by atoms with Crippen LogP contribution in [0.2, 0.25) is 5.02 Å². The number of aromatic carboxylic acids is 1. The minimum Gasteiger partial charge on any atom is -0.478 e. The van der Waals surface area contributed by atoms with Crippen LogP contribution in [-0.4, -0.2) is 21.0 Å². The van der Waals surface area contributed by atoms with Crippen molar-refractivity contribution in [2.45, 2.75) is 0 Å². The van der Waals surface area contributed by atoms with Crippen LogP contribution in [0.25, 0.3) is 22.3 Å². The molecule has 104 valence electrons. The Bertz CT molecular complexity index is 918. The summed E-state index contributed by atoms with van der Waals surface area (Å²) in [6, 6.07) is 11.2. The molecule has 0 atom stereocenters. The molecule has 0 unspecified atom stereocenters. The molecule has 0 bridgehead atoms. The molecule has 0 amide bonds. The van der Waals surface area contributed by atoms with Crippen molar-refractivity contribution in [3.8, 4) is 11.4 Å². The topological polar surface area (TPSA) is 83.0 Å². The van der Waals surface area contributed by atoms with Crippen molar-refractivity contribution >= 4 is 28.5 Å². The van der Waals surface area contributed by atoms with Crippen LogP contribution in [0.3, 0.4) is 0 Å². The molecule has 6 heteroatoms. The van der Waals surface area contributed by atoms with Crippen molar-refractivity contribution < 1.29 is 9.90 Å². The first kappa shape index (κ1) is 13.3. The lowest BCUT2D eigenvalue weighted by Crippen LogP contribution is -2.10. The molecule has 0 saturated heterocycles. The van der Waals surface area contributed by atoms with Crippen LogP contribution in [0.4, 0.5) is 0 Å². The molecular formula is C15H9ClN2O3. The van der Waals surface area contributed by atoms with Crippen LogP contribution < -0.4 is 5.56 Å². The Labute approximate surface area is 123 Å². The SMILES string of the molecule is O=C(O)c1ccc2nc(-c3ccccc3Cl)[nH]c(=O)c2c1. The van der Waals surface area contributed by atoms with E-state index in [4.69, 9.17) is 16.7 Å². The first-order valence-corrected chi connectivity index (χ1v) is 6.46. The Morgan fingerprint density at radius 2 is 1.95 bits per heavy atom. The second-order valence-corrected chi connectivity index (χ2v) is 4.84. The molecule has 0 aliphatic heterocycles. The van der Waals surface area contributed by atoms with E-state index < -0.39 is 11.5 Å². The van der Waals surface area contributed by atoms with Crippen LogP contribution in [-0.2, 0) is 0 Å². The number of hydrogen-bond acceptors (Lipinski definition) is 3. The lowest BCUT2D eigenvalue weighted by atomic mass is 10.1. The Morgan fingerprint density at radius 3 is 2.67 bits per heavy atom. The molecule has 0 aliphatic carbocycles. The number of benzene rings is 2. The van der Waals surface area contributed by atoms with Gasteiger partial charge in [-0.15, -0.1) is 0 Å². The summed E-state index contributed by atoms with van der Waals surface area (Å²) in [5.41, 5.74) is 0.664. The van der Waals surface area contributed by atoms with E-state index in [0.717, 1.165) is 0 Å². The molecule has 21 heavy (non-hydrogen) atoms. The van der Waals surface area contributed by atoms with E-state index in [1.54, 1.807) is 24.3 Å². The molecule has 5 nitrogen and oxygen atoms in total. The van der Waals surface area contributed by atoms with Gasteiger partial charge in [0.1, 0.15) is 5.82 Å². The number of aromatic nitrogens is 2. The van der Waals surface area contributed by atoms with Crippen LogP contribution in [0.5, 0.6) is 0 Å². The Kier molecular flexibility index (Phi) is 3.19. The quantitative estimate of drug-likeness (QED) is 0.762. The third kappa shape index (κ3) is 2.39. The molecule has 0 fully saturated rings. The van der Waals surface area contributed by atoms with Gasteiger partial charge in [0.2, 0.25) is 0 Å². The molecule has 1 heterocycles. The molecule has 1 aromatic heterocycles. The van der Waals surface area contributed by atoms with Gasteiger partial charge in [0, 0.05) is 5.56 Å². The first-order chi connectivity index (χ1) is 10.1.